The van der Waals surface area contributed by atoms with Gasteiger partial charge in [0.25, 0.3) is 0 Å². The number of ether oxygens (including phenoxy) is 2. The van der Waals surface area contributed by atoms with E-state index in [-0.39, 0.29) is 47.5 Å². The van der Waals surface area contributed by atoms with Crippen LogP contribution in [0.25, 0.3) is 0 Å². The van der Waals surface area contributed by atoms with Gasteiger partial charge >= 0.3 is 11.9 Å². The summed E-state index contributed by atoms with van der Waals surface area (Å²) in [6.07, 6.45) is 8.01. The van der Waals surface area contributed by atoms with Crippen molar-refractivity contribution in [3.63, 3.8) is 0 Å². The quantitative estimate of drug-likeness (QED) is 0.214. The molecule has 0 radical (unpaired) electrons. The van der Waals surface area contributed by atoms with Gasteiger partial charge in [-0.15, -0.1) is 0 Å². The van der Waals surface area contributed by atoms with E-state index in [1.807, 2.05) is 28.2 Å². The number of ketones is 2. The number of carbonyl (C=O) groups is 4. The van der Waals surface area contributed by atoms with Crippen LogP contribution in [0.1, 0.15) is 85.9 Å². The van der Waals surface area contributed by atoms with Gasteiger partial charge in [-0.05, 0) is 38.5 Å². The molecule has 0 amide bonds. The summed E-state index contributed by atoms with van der Waals surface area (Å²) in [5.41, 5.74) is 1.20. The summed E-state index contributed by atoms with van der Waals surface area (Å²) in [6.45, 7) is 5.14. The molecule has 0 heterocycles. The second-order valence-electron chi connectivity index (χ2n) is 13.4. The number of hydrogen-bond donors (Lipinski definition) is 0. The van der Waals surface area contributed by atoms with Gasteiger partial charge in [-0.25, -0.2) is 0 Å². The SMILES string of the molecule is CC(=O)OC1CCCCC1C[N+](C)(C)CC(=O)c1ccc(C(=O)C[N+](C)(C)CC2CCCCC2OC(C)=O)cc1. The van der Waals surface area contributed by atoms with Crippen LogP contribution in [0.15, 0.2) is 24.3 Å². The molecule has 4 unspecified atom stereocenters. The highest BCUT2D eigenvalue weighted by atomic mass is 16.5. The summed E-state index contributed by atoms with van der Waals surface area (Å²) < 4.78 is 12.2. The Morgan fingerprint density at radius 1 is 0.625 bits per heavy atom. The van der Waals surface area contributed by atoms with Crippen molar-refractivity contribution in [2.45, 2.75) is 77.4 Å². The van der Waals surface area contributed by atoms with Crippen LogP contribution in [0.3, 0.4) is 0 Å². The predicted octanol–water partition coefficient (Wildman–Crippen LogP) is 4.45. The van der Waals surface area contributed by atoms with E-state index in [4.69, 9.17) is 9.47 Å². The minimum absolute atomic E-state index is 0.0359. The van der Waals surface area contributed by atoms with Crippen LogP contribution >= 0.6 is 0 Å². The minimum atomic E-state index is -0.240. The van der Waals surface area contributed by atoms with Gasteiger partial charge in [0.05, 0.1) is 41.3 Å². The first-order chi connectivity index (χ1) is 18.7. The minimum Gasteiger partial charge on any atom is -0.462 e. The van der Waals surface area contributed by atoms with Crippen molar-refractivity contribution in [2.24, 2.45) is 11.8 Å². The van der Waals surface area contributed by atoms with Crippen molar-refractivity contribution >= 4 is 23.5 Å². The average Bonchev–Trinajstić information content (AvgIpc) is 2.85. The molecule has 0 aromatic heterocycles. The van der Waals surface area contributed by atoms with Crippen molar-refractivity contribution in [1.82, 2.24) is 0 Å². The number of hydrogen-bond acceptors (Lipinski definition) is 6. The van der Waals surface area contributed by atoms with E-state index in [1.165, 1.54) is 13.8 Å². The normalized spacial score (nSPS) is 23.8. The summed E-state index contributed by atoms with van der Waals surface area (Å²) in [5, 5.41) is 0. The van der Waals surface area contributed by atoms with Gasteiger partial charge in [0.1, 0.15) is 25.3 Å². The van der Waals surface area contributed by atoms with Crippen molar-refractivity contribution in [3.05, 3.63) is 35.4 Å². The lowest BCUT2D eigenvalue weighted by Gasteiger charge is -2.38. The molecule has 0 aliphatic heterocycles. The molecule has 0 N–H and O–H groups in total. The van der Waals surface area contributed by atoms with Crippen LogP contribution in [0.5, 0.6) is 0 Å². The number of likely N-dealkylation sites (N-methyl/N-ethyl adjacent to an activating group) is 2. The van der Waals surface area contributed by atoms with E-state index in [0.717, 1.165) is 64.5 Å². The Balaban J connectivity index is 1.56. The third-order valence-electron chi connectivity index (χ3n) is 8.44. The van der Waals surface area contributed by atoms with E-state index in [1.54, 1.807) is 24.3 Å². The van der Waals surface area contributed by atoms with Crippen molar-refractivity contribution in [3.8, 4) is 0 Å². The molecule has 0 saturated heterocycles. The summed E-state index contributed by atoms with van der Waals surface area (Å²) in [7, 11) is 8.20. The number of Topliss-reactive ketones (excluding diaryl/α,β-unsaturated/α-hetero) is 2. The molecule has 0 bridgehead atoms. The van der Waals surface area contributed by atoms with Gasteiger partial charge in [-0.2, -0.15) is 0 Å². The number of benzene rings is 1. The highest BCUT2D eigenvalue weighted by molar-refractivity contribution is 6.00. The molecule has 222 valence electrons. The number of quaternary nitrogens is 2. The number of rotatable bonds is 12. The average molecular weight is 559 g/mol. The molecule has 8 nitrogen and oxygen atoms in total. The molecule has 2 aliphatic rings. The molecule has 2 saturated carbocycles. The van der Waals surface area contributed by atoms with E-state index in [2.05, 4.69) is 0 Å². The van der Waals surface area contributed by atoms with Crippen molar-refractivity contribution in [2.75, 3.05) is 54.4 Å². The van der Waals surface area contributed by atoms with E-state index < -0.39 is 0 Å². The Bertz CT molecular complexity index is 965. The Hall–Kier alpha value is -2.58. The lowest BCUT2D eigenvalue weighted by molar-refractivity contribution is -0.885. The van der Waals surface area contributed by atoms with E-state index >= 15 is 0 Å². The largest absolute Gasteiger partial charge is 0.462 e. The summed E-state index contributed by atoms with van der Waals surface area (Å²) in [4.78, 5) is 49.5. The number of esters is 2. The van der Waals surface area contributed by atoms with Gasteiger partial charge < -0.3 is 18.4 Å². The topological polar surface area (TPSA) is 86.7 Å². The monoisotopic (exact) mass is 558 g/mol. The molecule has 1 aromatic carbocycles. The van der Waals surface area contributed by atoms with Gasteiger partial charge in [0, 0.05) is 36.8 Å². The first-order valence-corrected chi connectivity index (χ1v) is 14.9. The maximum atomic E-state index is 13.2. The third-order valence-corrected chi connectivity index (χ3v) is 8.44. The fourth-order valence-corrected chi connectivity index (χ4v) is 6.70. The fraction of sp³-hybridized carbons (Fsp3) is 0.688. The predicted molar refractivity (Wildman–Crippen MR) is 154 cm³/mol. The van der Waals surface area contributed by atoms with Gasteiger partial charge in [0.2, 0.25) is 11.6 Å². The second kappa shape index (κ2) is 13.9. The molecule has 8 heteroatoms. The second-order valence-corrected chi connectivity index (χ2v) is 13.4. The van der Waals surface area contributed by atoms with Gasteiger partial charge in [0.15, 0.2) is 0 Å². The molecule has 4 atom stereocenters. The Morgan fingerprint density at radius 2 is 0.950 bits per heavy atom. The Morgan fingerprint density at radius 3 is 1.27 bits per heavy atom. The lowest BCUT2D eigenvalue weighted by atomic mass is 9.85. The Labute approximate surface area is 240 Å². The number of carbonyl (C=O) groups excluding carboxylic acids is 4. The smallest absolute Gasteiger partial charge is 0.302 e. The van der Waals surface area contributed by atoms with Crippen molar-refractivity contribution in [1.29, 1.82) is 0 Å². The molecular formula is C32H50N2O6+2. The summed E-state index contributed by atoms with van der Waals surface area (Å²) in [5.74, 6) is 0.0905. The zero-order chi connectivity index (χ0) is 29.5. The fourth-order valence-electron chi connectivity index (χ4n) is 6.70. The molecule has 2 aliphatic carbocycles. The lowest BCUT2D eigenvalue weighted by Crippen LogP contribution is -2.50. The van der Waals surface area contributed by atoms with Crippen LogP contribution in [-0.4, -0.2) is 99.0 Å². The molecule has 0 spiro atoms. The first-order valence-electron chi connectivity index (χ1n) is 14.9. The maximum absolute atomic E-state index is 13.2. The van der Waals surface area contributed by atoms with Crippen LogP contribution in [-0.2, 0) is 19.1 Å². The molecule has 2 fully saturated rings. The zero-order valence-corrected chi connectivity index (χ0v) is 25.4. The summed E-state index contributed by atoms with van der Waals surface area (Å²) in [6, 6.07) is 7.04. The highest BCUT2D eigenvalue weighted by Crippen LogP contribution is 2.30. The molecule has 3 rings (SSSR count). The highest BCUT2D eigenvalue weighted by Gasteiger charge is 2.36. The first kappa shape index (κ1) is 31.9. The van der Waals surface area contributed by atoms with Gasteiger partial charge in [-0.1, -0.05) is 37.1 Å². The molecular weight excluding hydrogens is 508 g/mol. The van der Waals surface area contributed by atoms with Gasteiger partial charge in [-0.3, -0.25) is 19.2 Å². The third kappa shape index (κ3) is 9.81. The number of nitrogens with zero attached hydrogens (tertiary/aromatic N) is 2. The van der Waals surface area contributed by atoms with Crippen LogP contribution < -0.4 is 0 Å². The molecule has 40 heavy (non-hydrogen) atoms. The van der Waals surface area contributed by atoms with E-state index in [9.17, 15) is 19.2 Å². The maximum Gasteiger partial charge on any atom is 0.302 e. The van der Waals surface area contributed by atoms with Crippen LogP contribution in [0.2, 0.25) is 0 Å². The Kier molecular flexibility index (Phi) is 11.1. The summed E-state index contributed by atoms with van der Waals surface area (Å²) >= 11 is 0. The van der Waals surface area contributed by atoms with Crippen LogP contribution in [0.4, 0.5) is 0 Å². The van der Waals surface area contributed by atoms with E-state index in [0.29, 0.717) is 33.2 Å². The standard InChI is InChI=1S/C32H50N2O6/c1-23(35)39-31-13-9-7-11-27(31)19-33(3,4)21-29(37)25-15-17-26(18-16-25)30(38)22-34(5,6)20-28-12-8-10-14-32(28)40-24(2)36/h15-18,27-28,31-32H,7-14,19-22H2,1-6H3/q+2. The molecule has 1 aromatic rings. The van der Waals surface area contributed by atoms with Crippen molar-refractivity contribution < 1.29 is 37.6 Å². The zero-order valence-electron chi connectivity index (χ0n) is 25.4. The van der Waals surface area contributed by atoms with Crippen LogP contribution in [0, 0.1) is 11.8 Å².